The van der Waals surface area contributed by atoms with Crippen molar-refractivity contribution in [3.05, 3.63) is 39.7 Å². The molecule has 0 bridgehead atoms. The summed E-state index contributed by atoms with van der Waals surface area (Å²) in [7, 11) is -1.25. The first-order valence-corrected chi connectivity index (χ1v) is 6.92. The minimum atomic E-state index is -2.69. The Bertz CT molecular complexity index is 608. The number of rotatable bonds is 2. The molecular formula is C11H13F2N2OS+. The highest BCUT2D eigenvalue weighted by molar-refractivity contribution is 7.92. The van der Waals surface area contributed by atoms with E-state index < -0.39 is 21.4 Å². The maximum atomic E-state index is 13.4. The summed E-state index contributed by atoms with van der Waals surface area (Å²) in [4.78, 5) is 3.46. The lowest BCUT2D eigenvalue weighted by Crippen LogP contribution is -2.04. The molecule has 0 aliphatic rings. The molecule has 0 aliphatic carbocycles. The van der Waals surface area contributed by atoms with Gasteiger partial charge in [0.2, 0.25) is 0 Å². The molecule has 6 heteroatoms. The van der Waals surface area contributed by atoms with Crippen LogP contribution < -0.4 is 0 Å². The predicted octanol–water partition coefficient (Wildman–Crippen LogP) is 2.79. The fourth-order valence-electron chi connectivity index (χ4n) is 1.35. The lowest BCUT2D eigenvalue weighted by atomic mass is 10.1. The van der Waals surface area contributed by atoms with Crippen LogP contribution in [-0.2, 0) is 15.5 Å². The van der Waals surface area contributed by atoms with Crippen molar-refractivity contribution in [1.29, 1.82) is 0 Å². The van der Waals surface area contributed by atoms with Crippen molar-refractivity contribution in [2.75, 3.05) is 13.3 Å². The number of nitrogens with zero attached hydrogens (tertiary/aromatic N) is 2. The molecule has 1 rings (SSSR count). The van der Waals surface area contributed by atoms with E-state index in [1.807, 2.05) is 0 Å². The second-order valence-electron chi connectivity index (χ2n) is 3.74. The Balaban J connectivity index is 3.19. The summed E-state index contributed by atoms with van der Waals surface area (Å²) in [5.41, 5.74) is 0.624. The molecule has 0 aromatic heterocycles. The van der Waals surface area contributed by atoms with Crippen LogP contribution in [0.3, 0.4) is 0 Å². The number of benzene rings is 1. The normalized spacial score (nSPS) is 13.5. The lowest BCUT2D eigenvalue weighted by molar-refractivity contribution is 0.501. The summed E-state index contributed by atoms with van der Waals surface area (Å²) < 4.78 is 42.1. The van der Waals surface area contributed by atoms with Gasteiger partial charge < -0.3 is 0 Å². The maximum absolute atomic E-state index is 13.4. The monoisotopic (exact) mass is 259 g/mol. The SMILES string of the molecule is C[N+]#CN=S(C)(=O)Cc1cc(C)cc(F)c1F. The summed E-state index contributed by atoms with van der Waals surface area (Å²) in [6.07, 6.45) is 3.57. The Morgan fingerprint density at radius 3 is 2.71 bits per heavy atom. The maximum Gasteiger partial charge on any atom is 0.432 e. The summed E-state index contributed by atoms with van der Waals surface area (Å²) in [6.45, 7) is 1.64. The van der Waals surface area contributed by atoms with Crippen LogP contribution >= 0.6 is 0 Å². The van der Waals surface area contributed by atoms with Crippen LogP contribution in [0.15, 0.2) is 16.5 Å². The van der Waals surface area contributed by atoms with Crippen molar-refractivity contribution < 1.29 is 13.0 Å². The molecule has 3 nitrogen and oxygen atoms in total. The number of aryl methyl sites for hydroxylation is 1. The van der Waals surface area contributed by atoms with Crippen LogP contribution in [0.25, 0.3) is 4.85 Å². The fraction of sp³-hybridized carbons (Fsp3) is 0.364. The van der Waals surface area contributed by atoms with Crippen LogP contribution in [0.5, 0.6) is 0 Å². The highest BCUT2D eigenvalue weighted by atomic mass is 32.2. The molecule has 0 N–H and O–H groups in total. The van der Waals surface area contributed by atoms with Gasteiger partial charge in [0.25, 0.3) is 0 Å². The first-order valence-electron chi connectivity index (χ1n) is 4.83. The Morgan fingerprint density at radius 2 is 2.12 bits per heavy atom. The molecule has 1 aromatic carbocycles. The van der Waals surface area contributed by atoms with Gasteiger partial charge in [0.05, 0.1) is 10.1 Å². The van der Waals surface area contributed by atoms with E-state index >= 15 is 0 Å². The Hall–Kier alpha value is -1.48. The highest BCUT2D eigenvalue weighted by Crippen LogP contribution is 2.17. The molecule has 0 saturated heterocycles. The van der Waals surface area contributed by atoms with Crippen molar-refractivity contribution in [1.82, 2.24) is 0 Å². The van der Waals surface area contributed by atoms with Crippen LogP contribution in [0, 0.1) is 24.8 Å². The Kier molecular flexibility index (Phi) is 4.18. The standard InChI is InChI=1S/C11H13F2N2OS/c1-8-4-9(11(13)10(12)5-8)6-17(3,16)15-7-14-2/h4-5H,6H2,1-3H3/q+1. The largest absolute Gasteiger partial charge is 0.432 e. The molecule has 0 spiro atoms. The van der Waals surface area contributed by atoms with Gasteiger partial charge in [-0.3, -0.25) is 0 Å². The van der Waals surface area contributed by atoms with Crippen molar-refractivity contribution in [3.63, 3.8) is 0 Å². The second kappa shape index (κ2) is 5.23. The molecule has 0 heterocycles. The van der Waals surface area contributed by atoms with Gasteiger partial charge in [0.1, 0.15) is 0 Å². The molecule has 1 atom stereocenters. The highest BCUT2D eigenvalue weighted by Gasteiger charge is 2.16. The summed E-state index contributed by atoms with van der Waals surface area (Å²) in [6, 6.07) is 2.55. The van der Waals surface area contributed by atoms with Crippen LogP contribution in [0.2, 0.25) is 0 Å². The van der Waals surface area contributed by atoms with E-state index in [1.165, 1.54) is 19.4 Å². The zero-order chi connectivity index (χ0) is 13.1. The molecule has 0 fully saturated rings. The molecule has 0 saturated carbocycles. The van der Waals surface area contributed by atoms with E-state index in [9.17, 15) is 13.0 Å². The third-order valence-corrected chi connectivity index (χ3v) is 3.32. The van der Waals surface area contributed by atoms with E-state index in [4.69, 9.17) is 0 Å². The fourth-order valence-corrected chi connectivity index (χ4v) is 2.46. The smallest absolute Gasteiger partial charge is 0.224 e. The van der Waals surface area contributed by atoms with E-state index in [1.54, 1.807) is 6.92 Å². The van der Waals surface area contributed by atoms with Gasteiger partial charge in [0, 0.05) is 11.8 Å². The molecule has 0 aliphatic heterocycles. The molecule has 1 unspecified atom stereocenters. The van der Waals surface area contributed by atoms with Crippen molar-refractivity contribution in [2.24, 2.45) is 4.36 Å². The van der Waals surface area contributed by atoms with Crippen LogP contribution in [0.4, 0.5) is 8.78 Å². The quantitative estimate of drug-likeness (QED) is 0.752. The summed E-state index contributed by atoms with van der Waals surface area (Å²) in [5, 5.41) is 0. The zero-order valence-corrected chi connectivity index (χ0v) is 10.6. The third kappa shape index (κ3) is 3.79. The first-order chi connectivity index (χ1) is 7.85. The van der Waals surface area contributed by atoms with Gasteiger partial charge >= 0.3 is 6.19 Å². The molecule has 17 heavy (non-hydrogen) atoms. The zero-order valence-electron chi connectivity index (χ0n) is 9.83. The van der Waals surface area contributed by atoms with Crippen molar-refractivity contribution in [3.8, 4) is 6.19 Å². The van der Waals surface area contributed by atoms with Crippen molar-refractivity contribution >= 4 is 9.73 Å². The topological polar surface area (TPSA) is 33.8 Å². The summed E-state index contributed by atoms with van der Waals surface area (Å²) in [5.74, 6) is -2.09. The van der Waals surface area contributed by atoms with E-state index in [0.29, 0.717) is 5.56 Å². The number of hydrogen-bond acceptors (Lipinski definition) is 2. The Labute approximate surface area is 99.5 Å². The van der Waals surface area contributed by atoms with Gasteiger partial charge in [0.15, 0.2) is 28.4 Å². The third-order valence-electron chi connectivity index (χ3n) is 2.01. The van der Waals surface area contributed by atoms with E-state index in [0.717, 1.165) is 6.07 Å². The predicted molar refractivity (Wildman–Crippen MR) is 64.5 cm³/mol. The van der Waals surface area contributed by atoms with Crippen molar-refractivity contribution in [2.45, 2.75) is 12.7 Å². The van der Waals surface area contributed by atoms with E-state index in [2.05, 4.69) is 15.4 Å². The molecule has 1 aromatic rings. The van der Waals surface area contributed by atoms with Crippen LogP contribution in [0.1, 0.15) is 11.1 Å². The molecule has 92 valence electrons. The van der Waals surface area contributed by atoms with E-state index in [-0.39, 0.29) is 11.3 Å². The van der Waals surface area contributed by atoms with Gasteiger partial charge in [-0.25, -0.2) is 17.8 Å². The molecule has 0 amide bonds. The lowest BCUT2D eigenvalue weighted by Gasteiger charge is -2.04. The number of halogens is 2. The van der Waals surface area contributed by atoms with Gasteiger partial charge in [-0.1, -0.05) is 6.07 Å². The van der Waals surface area contributed by atoms with Crippen LogP contribution in [-0.4, -0.2) is 17.5 Å². The molecule has 0 radical (unpaired) electrons. The first kappa shape index (κ1) is 13.6. The van der Waals surface area contributed by atoms with Gasteiger partial charge in [-0.05, 0) is 18.6 Å². The molecular weight excluding hydrogens is 246 g/mol. The second-order valence-corrected chi connectivity index (χ2v) is 6.13. The van der Waals surface area contributed by atoms with Gasteiger partial charge in [-0.2, -0.15) is 0 Å². The summed E-state index contributed by atoms with van der Waals surface area (Å²) >= 11 is 0. The average molecular weight is 259 g/mol. The Morgan fingerprint density at radius 1 is 1.47 bits per heavy atom. The van der Waals surface area contributed by atoms with Gasteiger partial charge in [-0.15, -0.1) is 0 Å². The number of hydrogen-bond donors (Lipinski definition) is 0. The minimum Gasteiger partial charge on any atom is -0.224 e. The average Bonchev–Trinajstić information content (AvgIpc) is 2.22. The minimum absolute atomic E-state index is 0.0525.